The normalized spacial score (nSPS) is 21.6. The second-order valence-electron chi connectivity index (χ2n) is 7.84. The first-order chi connectivity index (χ1) is 16.4. The van der Waals surface area contributed by atoms with Crippen molar-refractivity contribution in [1.82, 2.24) is 0 Å². The number of halogens is 1. The third-order valence-corrected chi connectivity index (χ3v) is 6.58. The summed E-state index contributed by atoms with van der Waals surface area (Å²) in [6, 6.07) is 19.4. The Morgan fingerprint density at radius 3 is 2.29 bits per heavy atom. The minimum Gasteiger partial charge on any atom is -0.496 e. The molecule has 0 aliphatic carbocycles. The summed E-state index contributed by atoms with van der Waals surface area (Å²) in [6.45, 7) is 0. The van der Waals surface area contributed by atoms with Gasteiger partial charge in [-0.1, -0.05) is 24.3 Å². The van der Waals surface area contributed by atoms with E-state index in [1.54, 1.807) is 18.2 Å². The molecule has 3 aromatic carbocycles. The number of non-ortho nitro benzene ring substituents is 1. The second-order valence-corrected chi connectivity index (χ2v) is 8.69. The van der Waals surface area contributed by atoms with Crippen LogP contribution in [0.4, 0.5) is 17.1 Å². The number of hydroxylamine groups is 1. The van der Waals surface area contributed by atoms with Gasteiger partial charge in [0.25, 0.3) is 11.6 Å². The number of carbonyl (C=O) groups excluding carboxylic acids is 2. The first-order valence-corrected chi connectivity index (χ1v) is 11.2. The van der Waals surface area contributed by atoms with Gasteiger partial charge in [0.15, 0.2) is 6.10 Å². The molecule has 0 spiro atoms. The van der Waals surface area contributed by atoms with E-state index in [4.69, 9.17) is 9.57 Å². The highest BCUT2D eigenvalue weighted by Gasteiger charge is 2.60. The van der Waals surface area contributed by atoms with Crippen LogP contribution in [0.2, 0.25) is 0 Å². The van der Waals surface area contributed by atoms with Gasteiger partial charge in [0.05, 0.1) is 33.9 Å². The minimum atomic E-state index is -1.03. The molecule has 34 heavy (non-hydrogen) atoms. The van der Waals surface area contributed by atoms with Crippen molar-refractivity contribution >= 4 is 44.8 Å². The molecular weight excluding hydrogens is 506 g/mol. The Balaban J connectivity index is 1.56. The monoisotopic (exact) mass is 523 g/mol. The number of rotatable bonds is 5. The number of anilines is 2. The molecule has 2 amide bonds. The van der Waals surface area contributed by atoms with Gasteiger partial charge in [-0.3, -0.25) is 24.5 Å². The molecule has 2 saturated heterocycles. The molecule has 3 atom stereocenters. The zero-order valence-corrected chi connectivity index (χ0v) is 19.4. The number of benzene rings is 3. The molecule has 0 radical (unpaired) electrons. The van der Waals surface area contributed by atoms with Gasteiger partial charge in [-0.15, -0.1) is 0 Å². The number of hydrogen-bond acceptors (Lipinski definition) is 7. The molecule has 2 aliphatic rings. The van der Waals surface area contributed by atoms with Crippen molar-refractivity contribution in [2.45, 2.75) is 12.1 Å². The third kappa shape index (κ3) is 3.51. The van der Waals surface area contributed by atoms with Crippen molar-refractivity contribution in [3.63, 3.8) is 0 Å². The van der Waals surface area contributed by atoms with E-state index in [2.05, 4.69) is 15.9 Å². The largest absolute Gasteiger partial charge is 0.496 e. The Bertz CT molecular complexity index is 1280. The molecular formula is C24H18BrN3O6. The van der Waals surface area contributed by atoms with Gasteiger partial charge in [-0.05, 0) is 57.9 Å². The number of imide groups is 1. The molecule has 2 aliphatic heterocycles. The van der Waals surface area contributed by atoms with Crippen molar-refractivity contribution in [3.8, 4) is 5.75 Å². The van der Waals surface area contributed by atoms with E-state index in [1.165, 1.54) is 24.3 Å². The van der Waals surface area contributed by atoms with Crippen LogP contribution in [-0.4, -0.2) is 30.0 Å². The topological polar surface area (TPSA) is 102 Å². The van der Waals surface area contributed by atoms with Crippen molar-refractivity contribution in [2.75, 3.05) is 17.1 Å². The zero-order valence-electron chi connectivity index (χ0n) is 17.8. The minimum absolute atomic E-state index is 0.129. The average Bonchev–Trinajstić information content (AvgIpc) is 3.35. The summed E-state index contributed by atoms with van der Waals surface area (Å²) in [5, 5.41) is 12.6. The zero-order chi connectivity index (χ0) is 24.0. The number of ether oxygens (including phenoxy) is 1. The van der Waals surface area contributed by atoms with Crippen LogP contribution in [0.1, 0.15) is 11.6 Å². The molecule has 9 nitrogen and oxygen atoms in total. The average molecular weight is 524 g/mol. The van der Waals surface area contributed by atoms with Crippen LogP contribution < -0.4 is 14.7 Å². The van der Waals surface area contributed by atoms with E-state index in [1.807, 2.05) is 42.5 Å². The molecule has 5 rings (SSSR count). The molecule has 0 aromatic heterocycles. The van der Waals surface area contributed by atoms with Gasteiger partial charge in [-0.25, -0.2) is 9.96 Å². The van der Waals surface area contributed by atoms with Gasteiger partial charge in [0.2, 0.25) is 5.91 Å². The highest BCUT2D eigenvalue weighted by atomic mass is 79.9. The molecule has 10 heteroatoms. The molecule has 172 valence electrons. The van der Waals surface area contributed by atoms with Gasteiger partial charge < -0.3 is 4.74 Å². The smallest absolute Gasteiger partial charge is 0.269 e. The first-order valence-electron chi connectivity index (χ1n) is 10.4. The van der Waals surface area contributed by atoms with Crippen LogP contribution in [0.5, 0.6) is 5.75 Å². The van der Waals surface area contributed by atoms with Gasteiger partial charge in [-0.2, -0.15) is 0 Å². The number of hydrogen-bond donors (Lipinski definition) is 0. The predicted octanol–water partition coefficient (Wildman–Crippen LogP) is 4.42. The van der Waals surface area contributed by atoms with Crippen LogP contribution >= 0.6 is 15.9 Å². The molecule has 0 bridgehead atoms. The summed E-state index contributed by atoms with van der Waals surface area (Å²) in [7, 11) is 1.56. The number of nitrogens with zero attached hydrogens (tertiary/aromatic N) is 3. The number of nitro groups is 1. The highest BCUT2D eigenvalue weighted by Crippen LogP contribution is 2.48. The van der Waals surface area contributed by atoms with Crippen LogP contribution in [-0.2, 0) is 14.4 Å². The fraction of sp³-hybridized carbons (Fsp3) is 0.167. The number of para-hydroxylation sites is 1. The van der Waals surface area contributed by atoms with Crippen molar-refractivity contribution < 1.29 is 24.1 Å². The Labute approximate surface area is 202 Å². The number of fused-ring (bicyclic) bond motifs is 1. The SMILES string of the molecule is COc1ccc([C@H]2[C@@H]3C(=O)N(c4ccc([N+](=O)[O-])cc4)C(=O)[C@@H]3ON2c2ccccc2)cc1Br. The number of methoxy groups -OCH3 is 1. The highest BCUT2D eigenvalue weighted by molar-refractivity contribution is 9.10. The van der Waals surface area contributed by atoms with Crippen LogP contribution in [0.25, 0.3) is 0 Å². The number of amides is 2. The lowest BCUT2D eigenvalue weighted by Gasteiger charge is -2.29. The fourth-order valence-electron chi connectivity index (χ4n) is 4.40. The Morgan fingerprint density at radius 1 is 0.971 bits per heavy atom. The summed E-state index contributed by atoms with van der Waals surface area (Å²) in [5.74, 6) is -1.13. The molecule has 0 N–H and O–H groups in total. The maximum absolute atomic E-state index is 13.6. The Kier molecular flexibility index (Phi) is 5.54. The third-order valence-electron chi connectivity index (χ3n) is 5.96. The van der Waals surface area contributed by atoms with E-state index >= 15 is 0 Å². The predicted molar refractivity (Wildman–Crippen MR) is 126 cm³/mol. The van der Waals surface area contributed by atoms with Crippen molar-refractivity contribution in [1.29, 1.82) is 0 Å². The van der Waals surface area contributed by atoms with E-state index in [0.29, 0.717) is 15.9 Å². The quantitative estimate of drug-likeness (QED) is 0.277. The second kappa shape index (κ2) is 8.54. The summed E-state index contributed by atoms with van der Waals surface area (Å²) >= 11 is 3.50. The number of nitro benzene ring substituents is 1. The molecule has 3 aromatic rings. The lowest BCUT2D eigenvalue weighted by Crippen LogP contribution is -2.37. The van der Waals surface area contributed by atoms with Gasteiger partial charge >= 0.3 is 0 Å². The van der Waals surface area contributed by atoms with Crippen molar-refractivity contribution in [3.05, 3.63) is 92.9 Å². The maximum atomic E-state index is 13.6. The van der Waals surface area contributed by atoms with Crippen LogP contribution in [0, 0.1) is 16.0 Å². The van der Waals surface area contributed by atoms with Gasteiger partial charge in [0.1, 0.15) is 11.7 Å². The van der Waals surface area contributed by atoms with Crippen LogP contribution in [0.3, 0.4) is 0 Å². The summed E-state index contributed by atoms with van der Waals surface area (Å²) < 4.78 is 6.03. The first kappa shape index (κ1) is 22.1. The van der Waals surface area contributed by atoms with E-state index in [-0.39, 0.29) is 11.4 Å². The summed E-state index contributed by atoms with van der Waals surface area (Å²) in [5.41, 5.74) is 1.60. The van der Waals surface area contributed by atoms with Crippen LogP contribution in [0.15, 0.2) is 77.3 Å². The summed E-state index contributed by atoms with van der Waals surface area (Å²) in [6.07, 6.45) is -1.03. The molecule has 0 saturated carbocycles. The Morgan fingerprint density at radius 2 is 1.68 bits per heavy atom. The molecule has 0 unspecified atom stereocenters. The van der Waals surface area contributed by atoms with E-state index in [9.17, 15) is 19.7 Å². The summed E-state index contributed by atoms with van der Waals surface area (Å²) in [4.78, 5) is 44.5. The Hall–Kier alpha value is -3.76. The van der Waals surface area contributed by atoms with Crippen molar-refractivity contribution in [2.24, 2.45) is 5.92 Å². The standard InChI is InChI=1S/C24H18BrN3O6/c1-33-19-12-7-14(13-18(19)25)21-20-22(34-27(21)16-5-3-2-4-6-16)24(30)26(23(20)29)15-8-10-17(11-9-15)28(31)32/h2-13,20-22H,1H3/t20-,21-,22+/m0/s1. The van der Waals surface area contributed by atoms with Gasteiger partial charge in [0, 0.05) is 12.1 Å². The lowest BCUT2D eigenvalue weighted by atomic mass is 9.90. The maximum Gasteiger partial charge on any atom is 0.269 e. The van der Waals surface area contributed by atoms with E-state index < -0.39 is 34.8 Å². The molecule has 2 heterocycles. The number of carbonyl (C=O) groups is 2. The lowest BCUT2D eigenvalue weighted by molar-refractivity contribution is -0.384. The fourth-order valence-corrected chi connectivity index (χ4v) is 4.96. The van der Waals surface area contributed by atoms with E-state index in [0.717, 1.165) is 10.5 Å². The molecule has 2 fully saturated rings.